The van der Waals surface area contributed by atoms with Gasteiger partial charge in [0.05, 0.1) is 30.0 Å². The van der Waals surface area contributed by atoms with Crippen LogP contribution in [-0.4, -0.2) is 56.5 Å². The summed E-state index contributed by atoms with van der Waals surface area (Å²) in [4.78, 5) is 30.4. The quantitative estimate of drug-likeness (QED) is 0.541. The Hall–Kier alpha value is -3.75. The van der Waals surface area contributed by atoms with Crippen LogP contribution in [0.4, 0.5) is 11.4 Å². The molecule has 0 radical (unpaired) electrons. The van der Waals surface area contributed by atoms with Gasteiger partial charge in [0, 0.05) is 24.3 Å². The van der Waals surface area contributed by atoms with E-state index in [1.54, 1.807) is 53.4 Å². The van der Waals surface area contributed by atoms with Gasteiger partial charge >= 0.3 is 5.97 Å². The Morgan fingerprint density at radius 1 is 0.919 bits per heavy atom. The van der Waals surface area contributed by atoms with E-state index in [-0.39, 0.29) is 5.91 Å². The zero-order valence-electron chi connectivity index (χ0n) is 19.9. The number of anilines is 2. The van der Waals surface area contributed by atoms with Crippen LogP contribution in [0.25, 0.3) is 0 Å². The van der Waals surface area contributed by atoms with Crippen molar-refractivity contribution in [2.75, 3.05) is 49.3 Å². The van der Waals surface area contributed by atoms with Gasteiger partial charge in [-0.05, 0) is 47.5 Å². The van der Waals surface area contributed by atoms with E-state index >= 15 is 0 Å². The van der Waals surface area contributed by atoms with E-state index in [0.717, 1.165) is 18.8 Å². The highest BCUT2D eigenvalue weighted by molar-refractivity contribution is 6.33. The van der Waals surface area contributed by atoms with Crippen LogP contribution in [0, 0.1) is 0 Å². The number of carbonyl (C=O) groups excluding carboxylic acids is 1. The SMILES string of the molecule is O=C(O)C1c2ccccc2C(=O)N(c2ccc(N3CCOCC3)c(Cl)c2)C1c1ccc2c(c1)OCCO2. The number of amides is 1. The number of ether oxygens (including phenoxy) is 3. The molecule has 1 N–H and O–H groups in total. The zero-order chi connectivity index (χ0) is 25.5. The van der Waals surface area contributed by atoms with E-state index in [9.17, 15) is 14.7 Å². The first-order valence-corrected chi connectivity index (χ1v) is 12.6. The van der Waals surface area contributed by atoms with E-state index in [4.69, 9.17) is 25.8 Å². The molecular formula is C28H25ClN2O6. The summed E-state index contributed by atoms with van der Waals surface area (Å²) in [6, 6.07) is 16.8. The first-order valence-electron chi connectivity index (χ1n) is 12.2. The van der Waals surface area contributed by atoms with Crippen LogP contribution in [0.15, 0.2) is 60.7 Å². The first-order chi connectivity index (χ1) is 18.0. The summed E-state index contributed by atoms with van der Waals surface area (Å²) in [6.07, 6.45) is 0. The van der Waals surface area contributed by atoms with Crippen molar-refractivity contribution in [2.24, 2.45) is 0 Å². The Morgan fingerprint density at radius 2 is 1.68 bits per heavy atom. The molecule has 6 rings (SSSR count). The number of benzene rings is 3. The van der Waals surface area contributed by atoms with Crippen LogP contribution in [-0.2, 0) is 9.53 Å². The van der Waals surface area contributed by atoms with Gasteiger partial charge < -0.3 is 24.2 Å². The van der Waals surface area contributed by atoms with Crippen LogP contribution in [0.3, 0.4) is 0 Å². The lowest BCUT2D eigenvalue weighted by molar-refractivity contribution is -0.139. The number of halogens is 1. The average Bonchev–Trinajstić information content (AvgIpc) is 2.93. The molecule has 8 nitrogen and oxygen atoms in total. The molecular weight excluding hydrogens is 496 g/mol. The molecule has 2 atom stereocenters. The molecule has 37 heavy (non-hydrogen) atoms. The molecule has 1 fully saturated rings. The van der Waals surface area contributed by atoms with Crippen molar-refractivity contribution in [3.8, 4) is 11.5 Å². The monoisotopic (exact) mass is 520 g/mol. The molecule has 3 aliphatic heterocycles. The number of nitrogens with zero attached hydrogens (tertiary/aromatic N) is 2. The van der Waals surface area contributed by atoms with E-state index in [0.29, 0.717) is 65.3 Å². The van der Waals surface area contributed by atoms with Gasteiger partial charge in [-0.25, -0.2) is 0 Å². The lowest BCUT2D eigenvalue weighted by Crippen LogP contribution is -2.45. The van der Waals surface area contributed by atoms with Gasteiger partial charge in [-0.3, -0.25) is 14.5 Å². The maximum absolute atomic E-state index is 14.0. The Labute approximate surface area is 218 Å². The highest BCUT2D eigenvalue weighted by Gasteiger charge is 2.45. The van der Waals surface area contributed by atoms with Crippen molar-refractivity contribution >= 4 is 34.9 Å². The minimum absolute atomic E-state index is 0.289. The van der Waals surface area contributed by atoms with Crippen LogP contribution in [0.1, 0.15) is 33.4 Å². The first kappa shape index (κ1) is 23.6. The van der Waals surface area contributed by atoms with E-state index in [2.05, 4.69) is 4.90 Å². The Bertz CT molecular complexity index is 1370. The fourth-order valence-corrected chi connectivity index (χ4v) is 5.67. The molecule has 0 spiro atoms. The van der Waals surface area contributed by atoms with Crippen LogP contribution >= 0.6 is 11.6 Å². The number of fused-ring (bicyclic) bond motifs is 2. The lowest BCUT2D eigenvalue weighted by atomic mass is 9.79. The number of hydrogen-bond donors (Lipinski definition) is 1. The smallest absolute Gasteiger partial charge is 0.313 e. The molecule has 0 aromatic heterocycles. The minimum Gasteiger partial charge on any atom is -0.486 e. The Kier molecular flexibility index (Phi) is 6.14. The van der Waals surface area contributed by atoms with Crippen molar-refractivity contribution in [3.05, 3.63) is 82.4 Å². The highest BCUT2D eigenvalue weighted by atomic mass is 35.5. The molecule has 190 valence electrons. The number of hydrogen-bond acceptors (Lipinski definition) is 6. The van der Waals surface area contributed by atoms with Crippen molar-refractivity contribution < 1.29 is 28.9 Å². The van der Waals surface area contributed by atoms with Gasteiger partial charge in [-0.1, -0.05) is 35.9 Å². The predicted molar refractivity (Wildman–Crippen MR) is 138 cm³/mol. The molecule has 0 bridgehead atoms. The Morgan fingerprint density at radius 3 is 2.43 bits per heavy atom. The van der Waals surface area contributed by atoms with Gasteiger partial charge in [0.1, 0.15) is 19.1 Å². The number of carboxylic acids is 1. The highest BCUT2D eigenvalue weighted by Crippen LogP contribution is 2.47. The van der Waals surface area contributed by atoms with Crippen molar-refractivity contribution in [3.63, 3.8) is 0 Å². The summed E-state index contributed by atoms with van der Waals surface area (Å²) in [5, 5.41) is 10.9. The minimum atomic E-state index is -1.03. The van der Waals surface area contributed by atoms with Crippen LogP contribution < -0.4 is 19.3 Å². The predicted octanol–water partition coefficient (Wildman–Crippen LogP) is 4.52. The summed E-state index contributed by atoms with van der Waals surface area (Å²) in [5.41, 5.74) is 2.84. The molecule has 1 amide bonds. The fourth-order valence-electron chi connectivity index (χ4n) is 5.38. The summed E-state index contributed by atoms with van der Waals surface area (Å²) < 4.78 is 16.9. The molecule has 3 heterocycles. The third-order valence-corrected chi connectivity index (χ3v) is 7.38. The topological polar surface area (TPSA) is 88.5 Å². The zero-order valence-corrected chi connectivity index (χ0v) is 20.7. The van der Waals surface area contributed by atoms with Gasteiger partial charge in [-0.15, -0.1) is 0 Å². The second kappa shape index (κ2) is 9.61. The number of carbonyl (C=O) groups is 2. The summed E-state index contributed by atoms with van der Waals surface area (Å²) in [7, 11) is 0. The van der Waals surface area contributed by atoms with E-state index in [1.807, 2.05) is 12.1 Å². The van der Waals surface area contributed by atoms with Gasteiger partial charge in [0.15, 0.2) is 11.5 Å². The van der Waals surface area contributed by atoms with Gasteiger partial charge in [-0.2, -0.15) is 0 Å². The van der Waals surface area contributed by atoms with Crippen molar-refractivity contribution in [1.29, 1.82) is 0 Å². The second-order valence-corrected chi connectivity index (χ2v) is 9.57. The number of aliphatic carboxylic acids is 1. The van der Waals surface area contributed by atoms with E-state index in [1.165, 1.54) is 0 Å². The fraction of sp³-hybridized carbons (Fsp3) is 0.286. The summed E-state index contributed by atoms with van der Waals surface area (Å²) >= 11 is 6.74. The molecule has 3 aliphatic rings. The van der Waals surface area contributed by atoms with Crippen molar-refractivity contribution in [1.82, 2.24) is 0 Å². The molecule has 1 saturated heterocycles. The molecule has 3 aromatic carbocycles. The normalized spacial score (nSPS) is 20.9. The molecule has 2 unspecified atom stereocenters. The van der Waals surface area contributed by atoms with Crippen molar-refractivity contribution in [2.45, 2.75) is 12.0 Å². The van der Waals surface area contributed by atoms with Gasteiger partial charge in [0.2, 0.25) is 0 Å². The Balaban J connectivity index is 1.50. The summed E-state index contributed by atoms with van der Waals surface area (Å²) in [5.74, 6) is -1.20. The van der Waals surface area contributed by atoms with E-state index < -0.39 is 17.9 Å². The number of carboxylic acid groups (broad SMARTS) is 1. The second-order valence-electron chi connectivity index (χ2n) is 9.16. The third kappa shape index (κ3) is 4.16. The molecule has 0 saturated carbocycles. The third-order valence-electron chi connectivity index (χ3n) is 7.07. The largest absolute Gasteiger partial charge is 0.486 e. The van der Waals surface area contributed by atoms with Crippen LogP contribution in [0.5, 0.6) is 11.5 Å². The number of morpholine rings is 1. The number of rotatable bonds is 4. The molecule has 0 aliphatic carbocycles. The molecule has 9 heteroatoms. The molecule has 3 aromatic rings. The standard InChI is InChI=1S/C28H25ClN2O6/c29-21-16-18(6-7-22(21)30-9-11-35-12-10-30)31-26(17-5-8-23-24(15-17)37-14-13-36-23)25(28(33)34)19-3-1-2-4-20(19)27(31)32/h1-8,15-16,25-26H,9-14H2,(H,33,34). The summed E-state index contributed by atoms with van der Waals surface area (Å²) in [6.45, 7) is 3.51. The van der Waals surface area contributed by atoms with Gasteiger partial charge in [0.25, 0.3) is 5.91 Å². The maximum atomic E-state index is 14.0. The average molecular weight is 521 g/mol. The lowest BCUT2D eigenvalue weighted by Gasteiger charge is -2.41. The van der Waals surface area contributed by atoms with Crippen LogP contribution in [0.2, 0.25) is 5.02 Å². The maximum Gasteiger partial charge on any atom is 0.313 e.